The number of hydrogen-bond acceptors (Lipinski definition) is 3. The van der Waals surface area contributed by atoms with Gasteiger partial charge in [-0.1, -0.05) is 25.3 Å². The van der Waals surface area contributed by atoms with Gasteiger partial charge in [-0.15, -0.1) is 4.72 Å². The summed E-state index contributed by atoms with van der Waals surface area (Å²) in [4.78, 5) is 4.63. The molecule has 1 aromatic heterocycles. The molecule has 1 heterocycles. The monoisotopic (exact) mass is 306 g/mol. The number of nitrogens with one attached hydrogen (secondary N) is 1. The van der Waals surface area contributed by atoms with Crippen LogP contribution < -0.4 is 4.72 Å². The van der Waals surface area contributed by atoms with Crippen molar-refractivity contribution in [2.75, 3.05) is 0 Å². The zero-order chi connectivity index (χ0) is 15.1. The number of nitrogens with zero attached hydrogens (tertiary/aromatic N) is 1. The molecule has 116 valence electrons. The first kappa shape index (κ1) is 15.3. The first-order valence-corrected chi connectivity index (χ1v) is 9.19. The third-order valence-electron chi connectivity index (χ3n) is 4.98. The Labute approximate surface area is 131 Å². The van der Waals surface area contributed by atoms with Gasteiger partial charge in [-0.3, -0.25) is 4.98 Å². The van der Waals surface area contributed by atoms with Crippen molar-refractivity contribution >= 4 is 11.4 Å². The van der Waals surface area contributed by atoms with Gasteiger partial charge in [0.1, 0.15) is 10.8 Å². The Bertz CT molecular complexity index is 506. The topological polar surface area (TPSA) is 48.0 Å². The maximum absolute atomic E-state index is 12.6. The smallest absolute Gasteiger partial charge is 0.136 e. The van der Waals surface area contributed by atoms with Gasteiger partial charge in [0, 0.05) is 17.6 Å². The normalized spacial score (nSPS) is 25.8. The molecule has 21 heavy (non-hydrogen) atoms. The van der Waals surface area contributed by atoms with Crippen LogP contribution in [0.5, 0.6) is 0 Å². The van der Waals surface area contributed by atoms with Gasteiger partial charge in [-0.2, -0.15) is 0 Å². The van der Waals surface area contributed by atoms with E-state index in [1.165, 1.54) is 37.7 Å². The van der Waals surface area contributed by atoms with Crippen LogP contribution in [0.2, 0.25) is 0 Å². The van der Waals surface area contributed by atoms with Crippen LogP contribution in [0, 0.1) is 5.41 Å². The summed E-state index contributed by atoms with van der Waals surface area (Å²) in [5.74, 6) is 0. The van der Waals surface area contributed by atoms with Gasteiger partial charge >= 0.3 is 0 Å². The lowest BCUT2D eigenvalue weighted by Gasteiger charge is -2.40. The summed E-state index contributed by atoms with van der Waals surface area (Å²) < 4.78 is 15.8. The molecule has 2 aliphatic carbocycles. The minimum Gasteiger partial charge on any atom is -0.598 e. The Kier molecular flexibility index (Phi) is 4.06. The quantitative estimate of drug-likeness (QED) is 0.848. The molecule has 0 amide bonds. The fourth-order valence-corrected chi connectivity index (χ4v) is 4.75. The number of aromatic nitrogens is 1. The van der Waals surface area contributed by atoms with E-state index in [0.717, 1.165) is 12.1 Å². The second-order valence-electron chi connectivity index (χ2n) is 7.58. The summed E-state index contributed by atoms with van der Waals surface area (Å²) in [5.41, 5.74) is 2.72. The molecular weight excluding hydrogens is 280 g/mol. The molecule has 0 bridgehead atoms. The molecule has 3 nitrogen and oxygen atoms in total. The van der Waals surface area contributed by atoms with Crippen LogP contribution in [0.25, 0.3) is 0 Å². The van der Waals surface area contributed by atoms with Crippen LogP contribution in [0.15, 0.2) is 18.3 Å². The lowest BCUT2D eigenvalue weighted by Crippen LogP contribution is -2.46. The van der Waals surface area contributed by atoms with Gasteiger partial charge in [0.15, 0.2) is 0 Å². The number of pyridine rings is 1. The molecular formula is C17H26N2OS. The fraction of sp³-hybridized carbons (Fsp3) is 0.706. The van der Waals surface area contributed by atoms with Crippen molar-refractivity contribution in [2.24, 2.45) is 5.41 Å². The summed E-state index contributed by atoms with van der Waals surface area (Å²) in [6, 6.07) is 4.37. The summed E-state index contributed by atoms with van der Waals surface area (Å²) in [6.07, 6.45) is 9.32. The van der Waals surface area contributed by atoms with Gasteiger partial charge in [0.05, 0.1) is 5.69 Å². The molecule has 1 fully saturated rings. The van der Waals surface area contributed by atoms with E-state index < -0.39 is 11.4 Å². The number of rotatable bonds is 2. The number of fused-ring (bicyclic) bond motifs is 1. The van der Waals surface area contributed by atoms with Crippen molar-refractivity contribution in [1.29, 1.82) is 0 Å². The average Bonchev–Trinajstić information content (AvgIpc) is 2.72. The van der Waals surface area contributed by atoms with Crippen LogP contribution >= 0.6 is 0 Å². The first-order chi connectivity index (χ1) is 9.92. The third-order valence-corrected chi connectivity index (χ3v) is 6.55. The molecule has 1 saturated carbocycles. The molecule has 0 aromatic carbocycles. The van der Waals surface area contributed by atoms with E-state index in [1.54, 1.807) is 0 Å². The van der Waals surface area contributed by atoms with Crippen molar-refractivity contribution in [3.05, 3.63) is 29.6 Å². The van der Waals surface area contributed by atoms with Gasteiger partial charge in [0.2, 0.25) is 0 Å². The minimum atomic E-state index is -1.05. The molecule has 0 radical (unpaired) electrons. The standard InChI is InChI=1S/C17H26N2OS/c1-16(2,3)21(20)19-15-14-13(8-7-11-18-14)12-17(15)9-5-4-6-10-17/h7-8,11,15,19H,4-6,9-10,12H2,1-3H3/t15-,21?/m1/s1. The summed E-state index contributed by atoms with van der Waals surface area (Å²) in [7, 11) is 0. The highest BCUT2D eigenvalue weighted by molar-refractivity contribution is 7.90. The zero-order valence-corrected chi connectivity index (χ0v) is 14.1. The predicted molar refractivity (Wildman–Crippen MR) is 87.2 cm³/mol. The molecule has 1 aromatic rings. The molecule has 1 unspecified atom stereocenters. The Morgan fingerprint density at radius 2 is 2.00 bits per heavy atom. The summed E-state index contributed by atoms with van der Waals surface area (Å²) in [5, 5.41) is 0. The minimum absolute atomic E-state index is 0.147. The molecule has 2 atom stereocenters. The third kappa shape index (κ3) is 2.86. The largest absolute Gasteiger partial charge is 0.598 e. The highest BCUT2D eigenvalue weighted by Gasteiger charge is 2.50. The van der Waals surface area contributed by atoms with Gasteiger partial charge in [0.25, 0.3) is 0 Å². The van der Waals surface area contributed by atoms with Crippen LogP contribution in [0.1, 0.15) is 70.2 Å². The predicted octanol–water partition coefficient (Wildman–Crippen LogP) is 3.68. The first-order valence-electron chi connectivity index (χ1n) is 8.04. The molecule has 4 heteroatoms. The molecule has 3 rings (SSSR count). The Morgan fingerprint density at radius 3 is 2.67 bits per heavy atom. The summed E-state index contributed by atoms with van der Waals surface area (Å²) in [6.45, 7) is 6.08. The molecule has 0 saturated heterocycles. The zero-order valence-electron chi connectivity index (χ0n) is 13.3. The van der Waals surface area contributed by atoms with Crippen molar-refractivity contribution in [3.63, 3.8) is 0 Å². The lowest BCUT2D eigenvalue weighted by molar-refractivity contribution is 0.151. The SMILES string of the molecule is CC(C)(C)[S+]([O-])N[C@@H]1c2ncccc2CC12CCCCC2. The van der Waals surface area contributed by atoms with Crippen molar-refractivity contribution in [2.45, 2.75) is 70.1 Å². The van der Waals surface area contributed by atoms with Crippen LogP contribution in [0.3, 0.4) is 0 Å². The Balaban J connectivity index is 1.92. The van der Waals surface area contributed by atoms with Crippen molar-refractivity contribution < 1.29 is 4.55 Å². The molecule has 0 aliphatic heterocycles. The molecule has 2 aliphatic rings. The van der Waals surface area contributed by atoms with E-state index in [0.29, 0.717) is 0 Å². The van der Waals surface area contributed by atoms with E-state index in [9.17, 15) is 4.55 Å². The van der Waals surface area contributed by atoms with Gasteiger partial charge in [-0.05, 0) is 57.1 Å². The van der Waals surface area contributed by atoms with E-state index in [2.05, 4.69) is 15.8 Å². The Morgan fingerprint density at radius 1 is 1.29 bits per heavy atom. The highest BCUT2D eigenvalue weighted by Crippen LogP contribution is 2.53. The van der Waals surface area contributed by atoms with Crippen molar-refractivity contribution in [3.8, 4) is 0 Å². The van der Waals surface area contributed by atoms with Crippen LogP contribution in [-0.4, -0.2) is 14.3 Å². The second-order valence-corrected chi connectivity index (χ2v) is 9.58. The number of hydrogen-bond donors (Lipinski definition) is 1. The van der Waals surface area contributed by atoms with Crippen molar-refractivity contribution in [1.82, 2.24) is 9.71 Å². The molecule has 1 N–H and O–H groups in total. The van der Waals surface area contributed by atoms with E-state index in [1.807, 2.05) is 33.0 Å². The lowest BCUT2D eigenvalue weighted by atomic mass is 9.70. The van der Waals surface area contributed by atoms with E-state index in [-0.39, 0.29) is 16.2 Å². The van der Waals surface area contributed by atoms with Gasteiger partial charge in [-0.25, -0.2) is 0 Å². The summed E-state index contributed by atoms with van der Waals surface area (Å²) >= 11 is -1.05. The van der Waals surface area contributed by atoms with E-state index >= 15 is 0 Å². The molecule has 1 spiro atoms. The maximum atomic E-state index is 12.6. The van der Waals surface area contributed by atoms with Crippen LogP contribution in [0.4, 0.5) is 0 Å². The van der Waals surface area contributed by atoms with E-state index in [4.69, 9.17) is 0 Å². The fourth-order valence-electron chi connectivity index (χ4n) is 3.82. The average molecular weight is 306 g/mol. The second kappa shape index (κ2) is 5.56. The Hall–Kier alpha value is -0.580. The van der Waals surface area contributed by atoms with Gasteiger partial charge < -0.3 is 4.55 Å². The highest BCUT2D eigenvalue weighted by atomic mass is 32.2. The van der Waals surface area contributed by atoms with Crippen LogP contribution in [-0.2, 0) is 17.8 Å². The maximum Gasteiger partial charge on any atom is 0.136 e.